The van der Waals surface area contributed by atoms with E-state index in [9.17, 15) is 14.4 Å². The van der Waals surface area contributed by atoms with E-state index in [2.05, 4.69) is 93.7 Å². The molecule has 6 nitrogen and oxygen atoms in total. The molecule has 6 heteroatoms. The average Bonchev–Trinajstić information content (AvgIpc) is 3.40. The molecular weight excluding hydrogens is 913 g/mol. The van der Waals surface area contributed by atoms with Crippen LogP contribution in [0.5, 0.6) is 0 Å². The molecule has 0 amide bonds. The summed E-state index contributed by atoms with van der Waals surface area (Å²) in [5.41, 5.74) is 0. The van der Waals surface area contributed by atoms with Crippen LogP contribution in [0.25, 0.3) is 0 Å². The minimum atomic E-state index is -0.785. The van der Waals surface area contributed by atoms with E-state index in [1.807, 2.05) is 0 Å². The molecule has 74 heavy (non-hydrogen) atoms. The summed E-state index contributed by atoms with van der Waals surface area (Å²) in [6.45, 7) is 6.54. The number of esters is 3. The van der Waals surface area contributed by atoms with Crippen LogP contribution in [0.15, 0.2) is 72.9 Å². The summed E-state index contributed by atoms with van der Waals surface area (Å²) in [7, 11) is 0. The van der Waals surface area contributed by atoms with Gasteiger partial charge in [-0.25, -0.2) is 0 Å². The van der Waals surface area contributed by atoms with Crippen molar-refractivity contribution in [3.63, 3.8) is 0 Å². The minimum Gasteiger partial charge on any atom is -0.462 e. The van der Waals surface area contributed by atoms with Gasteiger partial charge in [-0.15, -0.1) is 0 Å². The summed E-state index contributed by atoms with van der Waals surface area (Å²) in [6, 6.07) is 0. The third kappa shape index (κ3) is 59.7. The normalized spacial score (nSPS) is 12.5. The van der Waals surface area contributed by atoms with Gasteiger partial charge in [-0.05, 0) is 89.9 Å². The van der Waals surface area contributed by atoms with Gasteiger partial charge in [0.25, 0.3) is 0 Å². The molecule has 0 aromatic carbocycles. The Morgan fingerprint density at radius 2 is 0.527 bits per heavy atom. The van der Waals surface area contributed by atoms with Crippen LogP contribution in [0, 0.1) is 0 Å². The van der Waals surface area contributed by atoms with Gasteiger partial charge in [0.05, 0.1) is 0 Å². The lowest BCUT2D eigenvalue weighted by Gasteiger charge is -2.18. The number of rotatable bonds is 58. The van der Waals surface area contributed by atoms with Crippen molar-refractivity contribution in [2.45, 2.75) is 329 Å². The van der Waals surface area contributed by atoms with Crippen LogP contribution in [0.4, 0.5) is 0 Å². The molecule has 1 atom stereocenters. The minimum absolute atomic E-state index is 0.0816. The van der Waals surface area contributed by atoms with Crippen molar-refractivity contribution in [3.8, 4) is 0 Å². The number of hydrogen-bond donors (Lipinski definition) is 0. The molecule has 0 aliphatic rings. The van der Waals surface area contributed by atoms with Crippen LogP contribution in [0.3, 0.4) is 0 Å². The SMILES string of the molecule is CC/C=C\C/C=C\C/C=C\C/C=C\CCCCCCCCC(=O)OCC(COC(=O)CCCCCCCCC/C=C\C/C=C\CCCCCC)OC(=O)CCCCCCCCCCCCCCCCCCCCC. The van der Waals surface area contributed by atoms with Gasteiger partial charge in [-0.1, -0.05) is 286 Å². The Morgan fingerprint density at radius 3 is 0.838 bits per heavy atom. The Labute approximate surface area is 459 Å². The predicted molar refractivity (Wildman–Crippen MR) is 321 cm³/mol. The predicted octanol–water partition coefficient (Wildman–Crippen LogP) is 21.7. The van der Waals surface area contributed by atoms with Crippen LogP contribution in [0.1, 0.15) is 323 Å². The van der Waals surface area contributed by atoms with E-state index in [4.69, 9.17) is 14.2 Å². The Balaban J connectivity index is 4.39. The first-order valence-electron chi connectivity index (χ1n) is 31.9. The fraction of sp³-hybridized carbons (Fsp3) is 0.779. The highest BCUT2D eigenvalue weighted by atomic mass is 16.6. The number of ether oxygens (including phenoxy) is 3. The Hall–Kier alpha value is -3.15. The number of carbonyl (C=O) groups is 3. The maximum Gasteiger partial charge on any atom is 0.306 e. The summed E-state index contributed by atoms with van der Waals surface area (Å²) >= 11 is 0. The number of allylic oxidation sites excluding steroid dienone is 12. The Bertz CT molecular complexity index is 1370. The standard InChI is InChI=1S/C68H120O6/c1-4-7-10-13-16-19-22-25-28-31-34-37-40-43-46-49-52-55-58-61-67(70)73-64-65(63-72-66(69)60-57-54-51-48-45-42-39-36-33-30-27-24-21-18-15-12-9-6-3)74-68(71)62-59-56-53-50-47-44-41-38-35-32-29-26-23-20-17-14-11-8-5-2/h7,10,16,19,21,24-25,28,30,33-34,37,65H,4-6,8-9,11-15,17-18,20,22-23,26-27,29,31-32,35-36,38-64H2,1-3H3/b10-7-,19-16-,24-21-,28-25-,33-30-,37-34-. The first-order chi connectivity index (χ1) is 36.5. The van der Waals surface area contributed by atoms with Gasteiger partial charge in [-0.3, -0.25) is 14.4 Å². The summed E-state index contributed by atoms with van der Waals surface area (Å²) < 4.78 is 16.9. The first kappa shape index (κ1) is 70.8. The highest BCUT2D eigenvalue weighted by Gasteiger charge is 2.19. The molecule has 0 saturated carbocycles. The molecule has 0 fully saturated rings. The van der Waals surface area contributed by atoms with Crippen molar-refractivity contribution in [1.82, 2.24) is 0 Å². The second-order valence-corrected chi connectivity index (χ2v) is 21.3. The number of unbranched alkanes of at least 4 members (excludes halogenated alkanes) is 35. The third-order valence-corrected chi connectivity index (χ3v) is 13.9. The van der Waals surface area contributed by atoms with E-state index in [0.29, 0.717) is 19.3 Å². The van der Waals surface area contributed by atoms with Crippen LogP contribution in [-0.2, 0) is 28.6 Å². The van der Waals surface area contributed by atoms with Gasteiger partial charge in [-0.2, -0.15) is 0 Å². The molecule has 0 N–H and O–H groups in total. The molecule has 0 rings (SSSR count). The third-order valence-electron chi connectivity index (χ3n) is 13.9. The topological polar surface area (TPSA) is 78.9 Å². The van der Waals surface area contributed by atoms with Crippen LogP contribution in [-0.4, -0.2) is 37.2 Å². The van der Waals surface area contributed by atoms with Crippen LogP contribution < -0.4 is 0 Å². The fourth-order valence-electron chi connectivity index (χ4n) is 9.17. The van der Waals surface area contributed by atoms with E-state index in [-0.39, 0.29) is 31.1 Å². The van der Waals surface area contributed by atoms with Gasteiger partial charge in [0.15, 0.2) is 6.10 Å². The van der Waals surface area contributed by atoms with E-state index in [0.717, 1.165) is 103 Å². The molecule has 0 aliphatic heterocycles. The van der Waals surface area contributed by atoms with Crippen molar-refractivity contribution in [2.75, 3.05) is 13.2 Å². The molecule has 0 aromatic heterocycles. The van der Waals surface area contributed by atoms with Gasteiger partial charge >= 0.3 is 17.9 Å². The average molecular weight is 1030 g/mol. The molecule has 0 heterocycles. The van der Waals surface area contributed by atoms with Crippen molar-refractivity contribution < 1.29 is 28.6 Å². The zero-order chi connectivity index (χ0) is 53.6. The summed E-state index contributed by atoms with van der Waals surface area (Å²) in [5, 5.41) is 0. The first-order valence-corrected chi connectivity index (χ1v) is 31.9. The maximum absolute atomic E-state index is 12.9. The summed E-state index contributed by atoms with van der Waals surface area (Å²) in [4.78, 5) is 38.3. The van der Waals surface area contributed by atoms with Gasteiger partial charge in [0.1, 0.15) is 13.2 Å². The molecule has 1 unspecified atom stereocenters. The molecule has 0 saturated heterocycles. The zero-order valence-electron chi connectivity index (χ0n) is 49.1. The van der Waals surface area contributed by atoms with Crippen LogP contribution in [0.2, 0.25) is 0 Å². The quantitative estimate of drug-likeness (QED) is 0.0261. The van der Waals surface area contributed by atoms with Crippen molar-refractivity contribution in [3.05, 3.63) is 72.9 Å². The zero-order valence-corrected chi connectivity index (χ0v) is 49.1. The van der Waals surface area contributed by atoms with Crippen molar-refractivity contribution in [2.24, 2.45) is 0 Å². The molecule has 0 bridgehead atoms. The van der Waals surface area contributed by atoms with Gasteiger partial charge < -0.3 is 14.2 Å². The second kappa shape index (κ2) is 62.4. The molecule has 0 aromatic rings. The molecule has 0 aliphatic carbocycles. The molecule has 0 spiro atoms. The summed E-state index contributed by atoms with van der Waals surface area (Å²) in [5.74, 6) is -0.885. The molecular formula is C68H120O6. The van der Waals surface area contributed by atoms with E-state index >= 15 is 0 Å². The Morgan fingerprint density at radius 1 is 0.284 bits per heavy atom. The fourth-order valence-corrected chi connectivity index (χ4v) is 9.17. The van der Waals surface area contributed by atoms with Crippen molar-refractivity contribution in [1.29, 1.82) is 0 Å². The lowest BCUT2D eigenvalue weighted by Crippen LogP contribution is -2.30. The molecule has 0 radical (unpaired) electrons. The van der Waals surface area contributed by atoms with E-state index in [1.54, 1.807) is 0 Å². The van der Waals surface area contributed by atoms with E-state index < -0.39 is 6.10 Å². The van der Waals surface area contributed by atoms with E-state index in [1.165, 1.54) is 180 Å². The lowest BCUT2D eigenvalue weighted by atomic mass is 10.0. The smallest absolute Gasteiger partial charge is 0.306 e. The highest BCUT2D eigenvalue weighted by molar-refractivity contribution is 5.71. The number of carbonyl (C=O) groups excluding carboxylic acids is 3. The van der Waals surface area contributed by atoms with Crippen molar-refractivity contribution >= 4 is 17.9 Å². The Kier molecular flexibility index (Phi) is 59.7. The van der Waals surface area contributed by atoms with Gasteiger partial charge in [0, 0.05) is 19.3 Å². The highest BCUT2D eigenvalue weighted by Crippen LogP contribution is 2.17. The lowest BCUT2D eigenvalue weighted by molar-refractivity contribution is -0.167. The second-order valence-electron chi connectivity index (χ2n) is 21.3. The largest absolute Gasteiger partial charge is 0.462 e. The summed E-state index contributed by atoms with van der Waals surface area (Å²) in [6.07, 6.45) is 80.4. The van der Waals surface area contributed by atoms with Crippen LogP contribution >= 0.6 is 0 Å². The number of hydrogen-bond acceptors (Lipinski definition) is 6. The monoisotopic (exact) mass is 1030 g/mol. The van der Waals surface area contributed by atoms with Gasteiger partial charge in [0.2, 0.25) is 0 Å². The maximum atomic E-state index is 12.9. The molecule has 428 valence electrons.